The Morgan fingerprint density at radius 2 is 2.38 bits per heavy atom. The van der Waals surface area contributed by atoms with Crippen LogP contribution in [0.4, 0.5) is 0 Å². The van der Waals surface area contributed by atoms with E-state index in [0.29, 0.717) is 29.0 Å². The third-order valence-electron chi connectivity index (χ3n) is 4.63. The number of terminal acetylenes is 1. The predicted octanol–water partition coefficient (Wildman–Crippen LogP) is 2.01. The Morgan fingerprint density at radius 1 is 1.54 bits per heavy atom. The molecule has 13 heavy (non-hydrogen) atoms. The van der Waals surface area contributed by atoms with E-state index in [0.717, 1.165) is 12.8 Å². The van der Waals surface area contributed by atoms with Crippen LogP contribution in [0.1, 0.15) is 32.1 Å². The van der Waals surface area contributed by atoms with Gasteiger partial charge in [-0.2, -0.15) is 0 Å². The van der Waals surface area contributed by atoms with Crippen molar-refractivity contribution in [2.24, 2.45) is 23.2 Å². The van der Waals surface area contributed by atoms with Crippen LogP contribution < -0.4 is 0 Å². The van der Waals surface area contributed by atoms with Crippen molar-refractivity contribution in [3.63, 3.8) is 0 Å². The second-order valence-corrected chi connectivity index (χ2v) is 4.92. The smallest absolute Gasteiger partial charge is 0.136 e. The molecule has 0 radical (unpaired) electrons. The molecule has 3 saturated carbocycles. The summed E-state index contributed by atoms with van der Waals surface area (Å²) in [5.74, 6) is 5.13. The first kappa shape index (κ1) is 7.62. The highest BCUT2D eigenvalue weighted by Crippen LogP contribution is 2.74. The van der Waals surface area contributed by atoms with Crippen molar-refractivity contribution in [1.29, 1.82) is 0 Å². The summed E-state index contributed by atoms with van der Waals surface area (Å²) in [6, 6.07) is 0. The van der Waals surface area contributed by atoms with Gasteiger partial charge in [0, 0.05) is 18.8 Å². The van der Waals surface area contributed by atoms with Crippen molar-refractivity contribution in [2.45, 2.75) is 32.1 Å². The van der Waals surface area contributed by atoms with Gasteiger partial charge in [-0.3, -0.25) is 4.79 Å². The molecule has 1 heteroatoms. The third kappa shape index (κ3) is 0.729. The van der Waals surface area contributed by atoms with E-state index in [-0.39, 0.29) is 0 Å². The van der Waals surface area contributed by atoms with Crippen LogP contribution in [-0.4, -0.2) is 5.78 Å². The van der Waals surface area contributed by atoms with Crippen molar-refractivity contribution in [3.05, 3.63) is 0 Å². The monoisotopic (exact) mass is 174 g/mol. The Morgan fingerprint density at radius 3 is 3.08 bits per heavy atom. The fourth-order valence-electron chi connectivity index (χ4n) is 4.00. The number of hydrogen-bond donors (Lipinski definition) is 0. The maximum atomic E-state index is 11.5. The summed E-state index contributed by atoms with van der Waals surface area (Å²) in [6.45, 7) is 0. The van der Waals surface area contributed by atoms with Gasteiger partial charge < -0.3 is 0 Å². The summed E-state index contributed by atoms with van der Waals surface area (Å²) in [7, 11) is 0. The number of hydrogen-bond acceptors (Lipinski definition) is 1. The molecule has 0 unspecified atom stereocenters. The maximum absolute atomic E-state index is 11.5. The van der Waals surface area contributed by atoms with Crippen LogP contribution in [0.3, 0.4) is 0 Å². The quantitative estimate of drug-likeness (QED) is 0.556. The summed E-state index contributed by atoms with van der Waals surface area (Å²) in [4.78, 5) is 11.5. The van der Waals surface area contributed by atoms with Crippen molar-refractivity contribution >= 4 is 5.78 Å². The van der Waals surface area contributed by atoms with E-state index in [1.165, 1.54) is 19.3 Å². The lowest BCUT2D eigenvalue weighted by atomic mass is 9.85. The van der Waals surface area contributed by atoms with Gasteiger partial charge >= 0.3 is 0 Å². The normalized spacial score (nSPS) is 51.3. The van der Waals surface area contributed by atoms with Crippen molar-refractivity contribution in [1.82, 2.24) is 0 Å². The van der Waals surface area contributed by atoms with Crippen LogP contribution in [-0.2, 0) is 4.79 Å². The summed E-state index contributed by atoms with van der Waals surface area (Å²) in [6.07, 6.45) is 10.8. The zero-order valence-corrected chi connectivity index (χ0v) is 7.75. The molecule has 1 spiro atoms. The minimum Gasteiger partial charge on any atom is -0.299 e. The topological polar surface area (TPSA) is 17.1 Å². The van der Waals surface area contributed by atoms with E-state index in [1.807, 2.05) is 0 Å². The number of carbonyl (C=O) groups excluding carboxylic acids is 1. The van der Waals surface area contributed by atoms with E-state index >= 15 is 0 Å². The van der Waals surface area contributed by atoms with E-state index in [9.17, 15) is 4.79 Å². The molecule has 3 aliphatic rings. The molecule has 4 atom stereocenters. The molecule has 0 N–H and O–H groups in total. The molecule has 3 aliphatic carbocycles. The summed E-state index contributed by atoms with van der Waals surface area (Å²) in [5, 5.41) is 0. The minimum atomic E-state index is 0.420. The lowest BCUT2D eigenvalue weighted by molar-refractivity contribution is -0.119. The van der Waals surface area contributed by atoms with Gasteiger partial charge in [-0.15, -0.1) is 12.3 Å². The van der Waals surface area contributed by atoms with Gasteiger partial charge in [-0.25, -0.2) is 0 Å². The van der Waals surface area contributed by atoms with Gasteiger partial charge in [0.15, 0.2) is 0 Å². The van der Waals surface area contributed by atoms with Crippen molar-refractivity contribution < 1.29 is 4.79 Å². The fraction of sp³-hybridized carbons (Fsp3) is 0.750. The van der Waals surface area contributed by atoms with Crippen LogP contribution in [0.15, 0.2) is 0 Å². The number of carbonyl (C=O) groups is 1. The summed E-state index contributed by atoms with van der Waals surface area (Å²) < 4.78 is 0. The first-order chi connectivity index (χ1) is 6.29. The average Bonchev–Trinajstić information content (AvgIpc) is 2.68. The van der Waals surface area contributed by atoms with Gasteiger partial charge in [0.25, 0.3) is 0 Å². The number of rotatable bonds is 1. The Balaban J connectivity index is 1.90. The van der Waals surface area contributed by atoms with Crippen LogP contribution in [0, 0.1) is 35.5 Å². The predicted molar refractivity (Wildman–Crippen MR) is 49.8 cm³/mol. The molecule has 0 bridgehead atoms. The average molecular weight is 174 g/mol. The van der Waals surface area contributed by atoms with Crippen LogP contribution in [0.2, 0.25) is 0 Å². The highest BCUT2D eigenvalue weighted by molar-refractivity contribution is 5.88. The molecule has 0 aromatic rings. The molecule has 68 valence electrons. The van der Waals surface area contributed by atoms with Gasteiger partial charge in [-0.1, -0.05) is 0 Å². The van der Waals surface area contributed by atoms with Crippen LogP contribution in [0.25, 0.3) is 0 Å². The summed E-state index contributed by atoms with van der Waals surface area (Å²) in [5.41, 5.74) is 0.420. The van der Waals surface area contributed by atoms with Gasteiger partial charge in [0.2, 0.25) is 0 Å². The first-order valence-corrected chi connectivity index (χ1v) is 5.25. The zero-order valence-electron chi connectivity index (χ0n) is 7.75. The second kappa shape index (κ2) is 2.18. The lowest BCUT2D eigenvalue weighted by Gasteiger charge is -2.18. The molecule has 3 fully saturated rings. The number of Topliss-reactive ketones (excluding diaryl/α,β-unsaturated/α-hetero) is 1. The Kier molecular flexibility index (Phi) is 1.28. The summed E-state index contributed by atoms with van der Waals surface area (Å²) >= 11 is 0. The Labute approximate surface area is 78.9 Å². The Bertz CT molecular complexity index is 312. The highest BCUT2D eigenvalue weighted by Gasteiger charge is 2.71. The third-order valence-corrected chi connectivity index (χ3v) is 4.63. The molecule has 0 heterocycles. The van der Waals surface area contributed by atoms with Crippen molar-refractivity contribution in [3.8, 4) is 12.3 Å². The largest absolute Gasteiger partial charge is 0.299 e. The van der Waals surface area contributed by atoms with Crippen LogP contribution in [0.5, 0.6) is 0 Å². The van der Waals surface area contributed by atoms with E-state index in [1.54, 1.807) is 0 Å². The molecular weight excluding hydrogens is 160 g/mol. The molecule has 0 aromatic heterocycles. The van der Waals surface area contributed by atoms with E-state index < -0.39 is 0 Å². The Hall–Kier alpha value is -0.770. The molecule has 0 aromatic carbocycles. The first-order valence-electron chi connectivity index (χ1n) is 5.25. The van der Waals surface area contributed by atoms with Crippen molar-refractivity contribution in [2.75, 3.05) is 0 Å². The molecule has 0 saturated heterocycles. The highest BCUT2D eigenvalue weighted by atomic mass is 16.1. The number of ketones is 1. The van der Waals surface area contributed by atoms with Gasteiger partial charge in [-0.05, 0) is 36.5 Å². The van der Waals surface area contributed by atoms with E-state index in [4.69, 9.17) is 6.42 Å². The molecular formula is C12H14O. The minimum absolute atomic E-state index is 0.420. The zero-order chi connectivity index (χ0) is 9.05. The fourth-order valence-corrected chi connectivity index (χ4v) is 4.00. The lowest BCUT2D eigenvalue weighted by Crippen LogP contribution is -2.13. The second-order valence-electron chi connectivity index (χ2n) is 4.92. The SMILES string of the molecule is C#CC[C@@H]1CC[C@@H]2CC(=O)[C@H]3C[C@@]123. The standard InChI is InChI=1S/C12H14O/c1-2-3-8-4-5-9-6-11(13)10-7-12(8,9)10/h1,8-10H,3-7H2/t8-,9-,10-,12-/m1/s1. The van der Waals surface area contributed by atoms with E-state index in [2.05, 4.69) is 5.92 Å². The van der Waals surface area contributed by atoms with Gasteiger partial charge in [0.1, 0.15) is 5.78 Å². The van der Waals surface area contributed by atoms with Gasteiger partial charge in [0.05, 0.1) is 0 Å². The molecule has 3 rings (SSSR count). The molecule has 1 nitrogen and oxygen atoms in total. The molecule has 0 aliphatic heterocycles. The maximum Gasteiger partial charge on any atom is 0.136 e. The van der Waals surface area contributed by atoms with Crippen LogP contribution >= 0.6 is 0 Å². The molecule has 0 amide bonds.